The van der Waals surface area contributed by atoms with Crippen LogP contribution in [0.2, 0.25) is 5.02 Å². The number of fused-ring (bicyclic) bond motifs is 2. The highest BCUT2D eigenvalue weighted by molar-refractivity contribution is 6.31. The normalized spacial score (nSPS) is 30.5. The Morgan fingerprint density at radius 1 is 1.00 bits per heavy atom. The standard InChI is InChI=1S/C21H25ClN2O3/c22-17-4-2-1-3-16(17)13-23-9-11-24(12-10-23)20(25)18-14-5-7-15(8-6-14)19(18)21(26)27/h1-5,7,14-15,18-19H,6,8-13H2,(H,26,27)/t14-,15+,18-,19-/m0/s1. The maximum atomic E-state index is 13.2. The molecule has 3 aliphatic carbocycles. The van der Waals surface area contributed by atoms with Crippen LogP contribution in [0.15, 0.2) is 36.4 Å². The molecule has 27 heavy (non-hydrogen) atoms. The molecule has 0 radical (unpaired) electrons. The minimum absolute atomic E-state index is 0.00274. The molecular weight excluding hydrogens is 364 g/mol. The van der Waals surface area contributed by atoms with Crippen molar-refractivity contribution in [2.75, 3.05) is 26.2 Å². The Labute approximate surface area is 164 Å². The second-order valence-electron chi connectivity index (χ2n) is 7.87. The molecule has 144 valence electrons. The predicted molar refractivity (Wildman–Crippen MR) is 103 cm³/mol. The topological polar surface area (TPSA) is 60.9 Å². The summed E-state index contributed by atoms with van der Waals surface area (Å²) >= 11 is 6.25. The van der Waals surface area contributed by atoms with Crippen molar-refractivity contribution in [2.45, 2.75) is 19.4 Å². The van der Waals surface area contributed by atoms with Crippen LogP contribution in [0.3, 0.4) is 0 Å². The Kier molecular flexibility index (Phi) is 5.24. The third-order valence-corrected chi connectivity index (χ3v) is 6.72. The van der Waals surface area contributed by atoms with Gasteiger partial charge in [-0.1, -0.05) is 42.0 Å². The fourth-order valence-corrected chi connectivity index (χ4v) is 5.07. The summed E-state index contributed by atoms with van der Waals surface area (Å²) in [5.74, 6) is -1.69. The van der Waals surface area contributed by atoms with E-state index in [0.717, 1.165) is 43.1 Å². The highest BCUT2D eigenvalue weighted by Crippen LogP contribution is 2.45. The lowest BCUT2D eigenvalue weighted by molar-refractivity contribution is -0.157. The number of hydrogen-bond donors (Lipinski definition) is 1. The number of carboxylic acids is 1. The van der Waals surface area contributed by atoms with Crippen LogP contribution in [0.5, 0.6) is 0 Å². The van der Waals surface area contributed by atoms with Gasteiger partial charge in [0.05, 0.1) is 11.8 Å². The molecule has 6 heteroatoms. The molecule has 5 rings (SSSR count). The second-order valence-corrected chi connectivity index (χ2v) is 8.28. The maximum Gasteiger partial charge on any atom is 0.307 e. The Bertz CT molecular complexity index is 758. The molecule has 1 amide bonds. The number of aliphatic carboxylic acids is 1. The van der Waals surface area contributed by atoms with Crippen molar-refractivity contribution in [2.24, 2.45) is 23.7 Å². The summed E-state index contributed by atoms with van der Waals surface area (Å²) in [5.41, 5.74) is 1.10. The average Bonchev–Trinajstić information content (AvgIpc) is 2.70. The van der Waals surface area contributed by atoms with Crippen LogP contribution >= 0.6 is 11.6 Å². The van der Waals surface area contributed by atoms with E-state index >= 15 is 0 Å². The maximum absolute atomic E-state index is 13.2. The monoisotopic (exact) mass is 388 g/mol. The fourth-order valence-electron chi connectivity index (χ4n) is 4.87. The van der Waals surface area contributed by atoms with Crippen LogP contribution in [0.4, 0.5) is 0 Å². The molecule has 1 heterocycles. The first kappa shape index (κ1) is 18.5. The zero-order valence-corrected chi connectivity index (χ0v) is 16.0. The average molecular weight is 389 g/mol. The Hall–Kier alpha value is -1.85. The van der Waals surface area contributed by atoms with Crippen molar-refractivity contribution >= 4 is 23.5 Å². The van der Waals surface area contributed by atoms with Gasteiger partial charge in [0.2, 0.25) is 5.91 Å². The minimum Gasteiger partial charge on any atom is -0.481 e. The second kappa shape index (κ2) is 7.64. The smallest absolute Gasteiger partial charge is 0.307 e. The molecule has 5 nitrogen and oxygen atoms in total. The number of carbonyl (C=O) groups excluding carboxylic acids is 1. The van der Waals surface area contributed by atoms with E-state index in [9.17, 15) is 14.7 Å². The zero-order chi connectivity index (χ0) is 19.0. The minimum atomic E-state index is -0.829. The van der Waals surface area contributed by atoms with Crippen LogP contribution in [-0.4, -0.2) is 53.0 Å². The molecular formula is C21H25ClN2O3. The van der Waals surface area contributed by atoms with Crippen LogP contribution in [0.1, 0.15) is 18.4 Å². The summed E-state index contributed by atoms with van der Waals surface area (Å²) in [6.45, 7) is 3.63. The molecule has 1 aromatic rings. The lowest BCUT2D eigenvalue weighted by atomic mass is 9.62. The van der Waals surface area contributed by atoms with E-state index in [0.29, 0.717) is 13.1 Å². The van der Waals surface area contributed by atoms with Crippen LogP contribution in [0, 0.1) is 23.7 Å². The van der Waals surface area contributed by atoms with Crippen molar-refractivity contribution in [3.63, 3.8) is 0 Å². The molecule has 0 spiro atoms. The van der Waals surface area contributed by atoms with E-state index in [-0.39, 0.29) is 17.7 Å². The number of rotatable bonds is 4. The van der Waals surface area contributed by atoms with Crippen LogP contribution in [-0.2, 0) is 16.1 Å². The highest BCUT2D eigenvalue weighted by Gasteiger charge is 2.49. The van der Waals surface area contributed by atoms with Gasteiger partial charge in [-0.3, -0.25) is 14.5 Å². The summed E-state index contributed by atoms with van der Waals surface area (Å²) in [7, 11) is 0. The Morgan fingerprint density at radius 2 is 1.63 bits per heavy atom. The molecule has 1 aliphatic heterocycles. The number of nitrogens with zero attached hydrogens (tertiary/aromatic N) is 2. The highest BCUT2D eigenvalue weighted by atomic mass is 35.5. The Morgan fingerprint density at radius 3 is 2.22 bits per heavy atom. The largest absolute Gasteiger partial charge is 0.481 e. The van der Waals surface area contributed by atoms with Crippen molar-refractivity contribution < 1.29 is 14.7 Å². The lowest BCUT2D eigenvalue weighted by Crippen LogP contribution is -2.55. The molecule has 2 bridgehead atoms. The third kappa shape index (κ3) is 3.63. The van der Waals surface area contributed by atoms with Gasteiger partial charge in [0.25, 0.3) is 0 Å². The van der Waals surface area contributed by atoms with Crippen molar-refractivity contribution in [3.05, 3.63) is 47.0 Å². The number of allylic oxidation sites excluding steroid dienone is 2. The number of benzene rings is 1. The lowest BCUT2D eigenvalue weighted by Gasteiger charge is -2.45. The van der Waals surface area contributed by atoms with Gasteiger partial charge >= 0.3 is 5.97 Å². The molecule has 0 unspecified atom stereocenters. The van der Waals surface area contributed by atoms with Crippen molar-refractivity contribution in [1.29, 1.82) is 0 Å². The first-order chi connectivity index (χ1) is 13.0. The van der Waals surface area contributed by atoms with E-state index in [4.69, 9.17) is 11.6 Å². The van der Waals surface area contributed by atoms with E-state index < -0.39 is 17.8 Å². The summed E-state index contributed by atoms with van der Waals surface area (Å²) in [6, 6.07) is 7.84. The molecule has 2 fully saturated rings. The van der Waals surface area contributed by atoms with E-state index in [1.807, 2.05) is 35.2 Å². The van der Waals surface area contributed by atoms with Gasteiger partial charge in [-0.2, -0.15) is 0 Å². The fraction of sp³-hybridized carbons (Fsp3) is 0.524. The molecule has 0 aromatic heterocycles. The number of amides is 1. The molecule has 1 N–H and O–H groups in total. The number of halogens is 1. The van der Waals surface area contributed by atoms with E-state index in [2.05, 4.69) is 11.0 Å². The Balaban J connectivity index is 1.39. The van der Waals surface area contributed by atoms with Gasteiger partial charge < -0.3 is 10.0 Å². The molecule has 4 aliphatic rings. The van der Waals surface area contributed by atoms with Gasteiger partial charge in [-0.15, -0.1) is 0 Å². The predicted octanol–water partition coefficient (Wildman–Crippen LogP) is 2.90. The molecule has 1 saturated carbocycles. The quantitative estimate of drug-likeness (QED) is 0.806. The molecule has 1 saturated heterocycles. The van der Waals surface area contributed by atoms with Gasteiger partial charge in [0.1, 0.15) is 0 Å². The van der Waals surface area contributed by atoms with E-state index in [1.165, 1.54) is 0 Å². The first-order valence-corrected chi connectivity index (χ1v) is 10.1. The molecule has 4 atom stereocenters. The van der Waals surface area contributed by atoms with Gasteiger partial charge in [0, 0.05) is 37.7 Å². The van der Waals surface area contributed by atoms with Crippen molar-refractivity contribution in [3.8, 4) is 0 Å². The number of carboxylic acid groups (broad SMARTS) is 1. The van der Waals surface area contributed by atoms with Crippen molar-refractivity contribution in [1.82, 2.24) is 9.80 Å². The van der Waals surface area contributed by atoms with E-state index in [1.54, 1.807) is 0 Å². The van der Waals surface area contributed by atoms with Gasteiger partial charge in [0.15, 0.2) is 0 Å². The van der Waals surface area contributed by atoms with Crippen LogP contribution < -0.4 is 0 Å². The molecule has 1 aromatic carbocycles. The summed E-state index contributed by atoms with van der Waals surface area (Å²) in [4.78, 5) is 29.1. The van der Waals surface area contributed by atoms with Crippen LogP contribution in [0.25, 0.3) is 0 Å². The van der Waals surface area contributed by atoms with Gasteiger partial charge in [-0.25, -0.2) is 0 Å². The summed E-state index contributed by atoms with van der Waals surface area (Å²) < 4.78 is 0. The summed E-state index contributed by atoms with van der Waals surface area (Å²) in [6.07, 6.45) is 5.89. The third-order valence-electron chi connectivity index (χ3n) is 6.35. The zero-order valence-electron chi connectivity index (χ0n) is 15.3. The summed E-state index contributed by atoms with van der Waals surface area (Å²) in [5, 5.41) is 10.5. The number of piperazine rings is 1. The number of carbonyl (C=O) groups is 2. The van der Waals surface area contributed by atoms with Gasteiger partial charge in [-0.05, 0) is 36.3 Å². The SMILES string of the molecule is O=C(O)[C@@H]1[C@@H](C(=O)N2CCN(Cc3ccccc3Cl)CC2)[C@H]2C=C[C@@H]1CC2. The number of hydrogen-bond acceptors (Lipinski definition) is 3. The first-order valence-electron chi connectivity index (χ1n) is 9.70.